The monoisotopic (exact) mass is 201 g/mol. The Kier molecular flexibility index (Phi) is 3.15. The summed E-state index contributed by atoms with van der Waals surface area (Å²) in [7, 11) is 1.39. The van der Waals surface area contributed by atoms with Crippen LogP contribution in [0.5, 0.6) is 0 Å². The third-order valence-electron chi connectivity index (χ3n) is 1.82. The average Bonchev–Trinajstić information content (AvgIpc) is 2.33. The molecule has 0 spiro atoms. The number of hydrogen-bond donors (Lipinski definition) is 2. The molecule has 1 aliphatic heterocycles. The van der Waals surface area contributed by atoms with Gasteiger partial charge in [0.2, 0.25) is 17.7 Å². The Hall–Kier alpha value is -1.47. The van der Waals surface area contributed by atoms with Gasteiger partial charge in [-0.2, -0.15) is 5.48 Å². The second-order valence-electron chi connectivity index (χ2n) is 2.92. The standard InChI is InChI=1S/C7H11N3O4/c1-10-6(12)2-4(7(10)13)9-14-3-5(8)11/h4,9H,2-3H2,1H3,(H2,8,11). The minimum atomic E-state index is -0.716. The number of primary amides is 1. The summed E-state index contributed by atoms with van der Waals surface area (Å²) in [4.78, 5) is 38.2. The molecule has 0 aliphatic carbocycles. The molecule has 14 heavy (non-hydrogen) atoms. The third-order valence-corrected chi connectivity index (χ3v) is 1.82. The van der Waals surface area contributed by atoms with Crippen molar-refractivity contribution in [2.45, 2.75) is 12.5 Å². The van der Waals surface area contributed by atoms with E-state index in [2.05, 4.69) is 10.3 Å². The SMILES string of the molecule is CN1C(=O)CC(NOCC(N)=O)C1=O. The summed E-state index contributed by atoms with van der Waals surface area (Å²) in [5, 5.41) is 0. The fraction of sp³-hybridized carbons (Fsp3) is 0.571. The van der Waals surface area contributed by atoms with E-state index in [1.54, 1.807) is 0 Å². The molecule has 0 aromatic heterocycles. The molecule has 3 amide bonds. The average molecular weight is 201 g/mol. The van der Waals surface area contributed by atoms with Crippen LogP contribution >= 0.6 is 0 Å². The number of imide groups is 1. The van der Waals surface area contributed by atoms with E-state index in [1.165, 1.54) is 7.05 Å². The van der Waals surface area contributed by atoms with Crippen molar-refractivity contribution in [3.63, 3.8) is 0 Å². The van der Waals surface area contributed by atoms with Crippen molar-refractivity contribution in [1.29, 1.82) is 0 Å². The first-order chi connectivity index (χ1) is 6.52. The summed E-state index contributed by atoms with van der Waals surface area (Å²) in [6.45, 7) is -0.332. The van der Waals surface area contributed by atoms with E-state index in [0.717, 1.165) is 4.90 Å². The largest absolute Gasteiger partial charge is 0.368 e. The van der Waals surface area contributed by atoms with Crippen molar-refractivity contribution in [1.82, 2.24) is 10.4 Å². The van der Waals surface area contributed by atoms with Gasteiger partial charge in [0, 0.05) is 7.05 Å². The van der Waals surface area contributed by atoms with Gasteiger partial charge in [0.05, 0.1) is 6.42 Å². The molecule has 1 heterocycles. The van der Waals surface area contributed by atoms with Crippen LogP contribution in [-0.4, -0.2) is 42.3 Å². The summed E-state index contributed by atoms with van der Waals surface area (Å²) in [5.74, 6) is -1.31. The van der Waals surface area contributed by atoms with Gasteiger partial charge in [0.15, 0.2) is 0 Å². The highest BCUT2D eigenvalue weighted by molar-refractivity contribution is 6.05. The highest BCUT2D eigenvalue weighted by Crippen LogP contribution is 2.09. The van der Waals surface area contributed by atoms with Crippen molar-refractivity contribution >= 4 is 17.7 Å². The summed E-state index contributed by atoms with van der Waals surface area (Å²) in [6, 6.07) is -0.716. The van der Waals surface area contributed by atoms with Gasteiger partial charge in [-0.15, -0.1) is 0 Å². The Morgan fingerprint density at radius 2 is 2.36 bits per heavy atom. The lowest BCUT2D eigenvalue weighted by Crippen LogP contribution is -2.38. The van der Waals surface area contributed by atoms with Crippen molar-refractivity contribution < 1.29 is 19.2 Å². The zero-order chi connectivity index (χ0) is 10.7. The Morgan fingerprint density at radius 1 is 1.71 bits per heavy atom. The first-order valence-corrected chi connectivity index (χ1v) is 3.98. The van der Waals surface area contributed by atoms with Crippen molar-refractivity contribution in [2.24, 2.45) is 5.73 Å². The van der Waals surface area contributed by atoms with Crippen molar-refractivity contribution in [3.05, 3.63) is 0 Å². The fourth-order valence-electron chi connectivity index (χ4n) is 1.06. The fourth-order valence-corrected chi connectivity index (χ4v) is 1.06. The van der Waals surface area contributed by atoms with E-state index in [9.17, 15) is 14.4 Å². The van der Waals surface area contributed by atoms with Crippen LogP contribution in [0.2, 0.25) is 0 Å². The molecule has 0 saturated carbocycles. The smallest absolute Gasteiger partial charge is 0.248 e. The molecule has 1 fully saturated rings. The molecule has 0 radical (unpaired) electrons. The van der Waals surface area contributed by atoms with E-state index in [4.69, 9.17) is 5.73 Å². The molecule has 1 aliphatic rings. The second kappa shape index (κ2) is 4.16. The number of carbonyl (C=O) groups excluding carboxylic acids is 3. The predicted molar refractivity (Wildman–Crippen MR) is 44.5 cm³/mol. The Labute approximate surface area is 80.1 Å². The van der Waals surface area contributed by atoms with E-state index < -0.39 is 11.9 Å². The van der Waals surface area contributed by atoms with Gasteiger partial charge < -0.3 is 5.73 Å². The van der Waals surface area contributed by atoms with Gasteiger partial charge in [0.1, 0.15) is 12.6 Å². The lowest BCUT2D eigenvalue weighted by molar-refractivity contribution is -0.139. The molecule has 1 rings (SSSR count). The van der Waals surface area contributed by atoms with Crippen LogP contribution < -0.4 is 11.2 Å². The molecular formula is C7H11N3O4. The number of nitrogens with two attached hydrogens (primary N) is 1. The number of likely N-dealkylation sites (N-methyl/N-ethyl adjacent to an activating group) is 1. The number of hydroxylamine groups is 1. The number of nitrogens with one attached hydrogen (secondary N) is 1. The molecule has 1 unspecified atom stereocenters. The first kappa shape index (κ1) is 10.6. The number of carbonyl (C=O) groups is 3. The number of hydrogen-bond acceptors (Lipinski definition) is 5. The summed E-state index contributed by atoms with van der Waals surface area (Å²) in [5.41, 5.74) is 7.11. The quantitative estimate of drug-likeness (QED) is 0.395. The Morgan fingerprint density at radius 3 is 2.79 bits per heavy atom. The maximum Gasteiger partial charge on any atom is 0.248 e. The van der Waals surface area contributed by atoms with Crippen molar-refractivity contribution in [2.75, 3.05) is 13.7 Å². The molecule has 78 valence electrons. The van der Waals surface area contributed by atoms with Crippen LogP contribution in [0, 0.1) is 0 Å². The minimum Gasteiger partial charge on any atom is -0.368 e. The lowest BCUT2D eigenvalue weighted by atomic mass is 10.3. The van der Waals surface area contributed by atoms with Gasteiger partial charge in [-0.1, -0.05) is 0 Å². The summed E-state index contributed by atoms with van der Waals surface area (Å²) >= 11 is 0. The molecule has 0 aromatic rings. The maximum absolute atomic E-state index is 11.2. The predicted octanol–water partition coefficient (Wildman–Crippen LogP) is -2.25. The summed E-state index contributed by atoms with van der Waals surface area (Å²) < 4.78 is 0. The maximum atomic E-state index is 11.2. The molecule has 7 nitrogen and oxygen atoms in total. The number of likely N-dealkylation sites (tertiary alicyclic amines) is 1. The normalized spacial score (nSPS) is 21.8. The third kappa shape index (κ3) is 2.27. The van der Waals surface area contributed by atoms with Crippen LogP contribution in [0.1, 0.15) is 6.42 Å². The van der Waals surface area contributed by atoms with Gasteiger partial charge >= 0.3 is 0 Å². The van der Waals surface area contributed by atoms with E-state index >= 15 is 0 Å². The van der Waals surface area contributed by atoms with E-state index in [1.807, 2.05) is 0 Å². The molecule has 1 saturated heterocycles. The topological polar surface area (TPSA) is 102 Å². The Bertz CT molecular complexity index is 278. The molecule has 7 heteroatoms. The minimum absolute atomic E-state index is 0.0358. The number of nitrogens with zero attached hydrogens (tertiary/aromatic N) is 1. The molecular weight excluding hydrogens is 190 g/mol. The molecule has 0 bridgehead atoms. The van der Waals surface area contributed by atoms with Gasteiger partial charge in [0.25, 0.3) is 0 Å². The molecule has 0 aromatic carbocycles. The summed E-state index contributed by atoms with van der Waals surface area (Å²) in [6.07, 6.45) is 0.0358. The van der Waals surface area contributed by atoms with Crippen LogP contribution in [0.4, 0.5) is 0 Å². The van der Waals surface area contributed by atoms with Crippen LogP contribution in [0.15, 0.2) is 0 Å². The van der Waals surface area contributed by atoms with Crippen LogP contribution in [-0.2, 0) is 19.2 Å². The van der Waals surface area contributed by atoms with Gasteiger partial charge in [-0.3, -0.25) is 24.1 Å². The zero-order valence-electron chi connectivity index (χ0n) is 7.65. The molecule has 3 N–H and O–H groups in total. The van der Waals surface area contributed by atoms with Crippen LogP contribution in [0.3, 0.4) is 0 Å². The number of rotatable bonds is 4. The number of amides is 3. The second-order valence-corrected chi connectivity index (χ2v) is 2.92. The van der Waals surface area contributed by atoms with Crippen LogP contribution in [0.25, 0.3) is 0 Å². The van der Waals surface area contributed by atoms with E-state index in [-0.39, 0.29) is 24.8 Å². The Balaban J connectivity index is 2.36. The zero-order valence-corrected chi connectivity index (χ0v) is 7.65. The molecule has 1 atom stereocenters. The highest BCUT2D eigenvalue weighted by Gasteiger charge is 2.36. The van der Waals surface area contributed by atoms with Gasteiger partial charge in [-0.05, 0) is 0 Å². The first-order valence-electron chi connectivity index (χ1n) is 3.98. The highest BCUT2D eigenvalue weighted by atomic mass is 16.6. The van der Waals surface area contributed by atoms with Gasteiger partial charge in [-0.25, -0.2) is 0 Å². The van der Waals surface area contributed by atoms with Crippen molar-refractivity contribution in [3.8, 4) is 0 Å². The lowest BCUT2D eigenvalue weighted by Gasteiger charge is -2.09. The van der Waals surface area contributed by atoms with E-state index in [0.29, 0.717) is 0 Å².